The third-order valence-corrected chi connectivity index (χ3v) is 5.08. The van der Waals surface area contributed by atoms with Crippen molar-refractivity contribution in [1.82, 2.24) is 0 Å². The zero-order valence-corrected chi connectivity index (χ0v) is 16.1. The summed E-state index contributed by atoms with van der Waals surface area (Å²) >= 11 is 0. The molecule has 0 fully saturated rings. The second-order valence-electron chi connectivity index (χ2n) is 7.10. The van der Waals surface area contributed by atoms with Gasteiger partial charge in [0.25, 0.3) is 0 Å². The maximum atomic E-state index is 12.8. The lowest BCUT2D eigenvalue weighted by molar-refractivity contribution is 0.0779. The van der Waals surface area contributed by atoms with E-state index in [1.807, 2.05) is 0 Å². The minimum atomic E-state index is -3.45. The van der Waals surface area contributed by atoms with Crippen molar-refractivity contribution in [2.45, 2.75) is 38.9 Å². The molecule has 136 valence electrons. The van der Waals surface area contributed by atoms with Gasteiger partial charge in [0.15, 0.2) is 0 Å². The van der Waals surface area contributed by atoms with Crippen LogP contribution in [0.3, 0.4) is 0 Å². The highest BCUT2D eigenvalue weighted by Crippen LogP contribution is 2.51. The first-order chi connectivity index (χ1) is 11.4. The van der Waals surface area contributed by atoms with Gasteiger partial charge in [-0.25, -0.2) is 4.57 Å². The van der Waals surface area contributed by atoms with Crippen LogP contribution in [-0.2, 0) is 20.3 Å². The molecule has 25 heavy (non-hydrogen) atoms. The molecule has 2 aromatic rings. The summed E-state index contributed by atoms with van der Waals surface area (Å²) in [5, 5.41) is 19.7. The molecule has 0 aliphatic heterocycles. The van der Waals surface area contributed by atoms with Crippen molar-refractivity contribution in [3.63, 3.8) is 0 Å². The van der Waals surface area contributed by atoms with Crippen LogP contribution in [0, 0.1) is 0 Å². The molecule has 2 aromatic carbocycles. The predicted molar refractivity (Wildman–Crippen MR) is 98.1 cm³/mol. The number of hydrogen-bond acceptors (Lipinski definition) is 5. The highest BCUT2D eigenvalue weighted by Gasteiger charge is 2.32. The Morgan fingerprint density at radius 3 is 2.16 bits per heavy atom. The fraction of sp³-hybridized carbons (Fsp3) is 0.368. The van der Waals surface area contributed by atoms with Gasteiger partial charge in [0.05, 0.1) is 11.2 Å². The van der Waals surface area contributed by atoms with Gasteiger partial charge in [-0.1, -0.05) is 24.3 Å². The Hall–Kier alpha value is -1.81. The number of benzene rings is 2. The number of phenolic OH excluding ortho intramolecular Hbond substituents is 1. The van der Waals surface area contributed by atoms with E-state index in [0.717, 1.165) is 0 Å². The molecule has 0 aliphatic rings. The van der Waals surface area contributed by atoms with Crippen LogP contribution in [0.15, 0.2) is 48.5 Å². The van der Waals surface area contributed by atoms with E-state index in [4.69, 9.17) is 9.05 Å². The predicted octanol–water partition coefficient (Wildman–Crippen LogP) is 4.77. The lowest BCUT2D eigenvalue weighted by atomic mass is 9.98. The molecule has 2 rings (SSSR count). The molecule has 0 aliphatic carbocycles. The number of hydrogen-bond donors (Lipinski definition) is 2. The molecule has 5 nitrogen and oxygen atoms in total. The molecule has 2 N–H and O–H groups in total. The van der Waals surface area contributed by atoms with Crippen molar-refractivity contribution in [1.29, 1.82) is 0 Å². The topological polar surface area (TPSA) is 76.0 Å². The number of aromatic hydroxyl groups is 1. The summed E-state index contributed by atoms with van der Waals surface area (Å²) in [6.45, 7) is 8.25. The molecule has 0 bridgehead atoms. The highest BCUT2D eigenvalue weighted by molar-refractivity contribution is 7.53. The van der Waals surface area contributed by atoms with Crippen molar-refractivity contribution in [3.05, 3.63) is 59.7 Å². The van der Waals surface area contributed by atoms with E-state index in [-0.39, 0.29) is 5.75 Å². The Kier molecular flexibility index (Phi) is 5.33. The minimum absolute atomic E-state index is 0.110. The van der Waals surface area contributed by atoms with E-state index in [1.165, 1.54) is 6.66 Å². The first-order valence-corrected chi connectivity index (χ1v) is 9.98. The van der Waals surface area contributed by atoms with Gasteiger partial charge in [-0.3, -0.25) is 4.52 Å². The number of rotatable bonds is 6. The Bertz CT molecular complexity index is 792. The van der Waals surface area contributed by atoms with Crippen LogP contribution in [0.1, 0.15) is 38.8 Å². The van der Waals surface area contributed by atoms with Gasteiger partial charge in [-0.05, 0) is 63.1 Å². The monoisotopic (exact) mass is 364 g/mol. The summed E-state index contributed by atoms with van der Waals surface area (Å²) in [4.78, 5) is 0. The van der Waals surface area contributed by atoms with Crippen LogP contribution >= 0.6 is 7.60 Å². The fourth-order valence-electron chi connectivity index (χ4n) is 2.49. The summed E-state index contributed by atoms with van der Waals surface area (Å²) in [6, 6.07) is 13.4. The number of aliphatic hydroxyl groups is 1. The van der Waals surface area contributed by atoms with E-state index in [1.54, 1.807) is 76.2 Å². The van der Waals surface area contributed by atoms with E-state index in [2.05, 4.69) is 0 Å². The van der Waals surface area contributed by atoms with Gasteiger partial charge in [0, 0.05) is 6.66 Å². The Labute approximate surface area is 148 Å². The summed E-state index contributed by atoms with van der Waals surface area (Å²) in [5.41, 5.74) is -0.615. The number of phenols is 1. The fourth-order valence-corrected chi connectivity index (χ4v) is 3.96. The van der Waals surface area contributed by atoms with Crippen LogP contribution in [0.4, 0.5) is 0 Å². The lowest BCUT2D eigenvalue weighted by Crippen LogP contribution is -2.21. The van der Waals surface area contributed by atoms with E-state index in [0.29, 0.717) is 16.9 Å². The molecule has 0 radical (unpaired) electrons. The summed E-state index contributed by atoms with van der Waals surface area (Å²) in [6.07, 6.45) is 0. The summed E-state index contributed by atoms with van der Waals surface area (Å²) < 4.78 is 24.2. The lowest BCUT2D eigenvalue weighted by Gasteiger charge is -2.29. The van der Waals surface area contributed by atoms with Crippen molar-refractivity contribution in [2.24, 2.45) is 0 Å². The van der Waals surface area contributed by atoms with Gasteiger partial charge in [0.2, 0.25) is 0 Å². The zero-order chi connectivity index (χ0) is 18.9. The van der Waals surface area contributed by atoms with Gasteiger partial charge in [-0.15, -0.1) is 0 Å². The third-order valence-electron chi connectivity index (χ3n) is 3.75. The first kappa shape index (κ1) is 19.5. The van der Waals surface area contributed by atoms with Crippen LogP contribution in [0.25, 0.3) is 0 Å². The van der Waals surface area contributed by atoms with E-state index < -0.39 is 18.8 Å². The molecule has 1 unspecified atom stereocenters. The summed E-state index contributed by atoms with van der Waals surface area (Å²) in [7, 11) is -3.45. The molecule has 0 saturated carbocycles. The van der Waals surface area contributed by atoms with Crippen LogP contribution in [-0.4, -0.2) is 16.9 Å². The second kappa shape index (κ2) is 6.83. The maximum absolute atomic E-state index is 12.8. The van der Waals surface area contributed by atoms with Gasteiger partial charge < -0.3 is 14.7 Å². The van der Waals surface area contributed by atoms with Crippen LogP contribution < -0.4 is 4.52 Å². The normalized spacial score (nSPS) is 14.8. The molecule has 0 amide bonds. The largest absolute Gasteiger partial charge is 0.508 e. The molecular formula is C19H25O5P. The van der Waals surface area contributed by atoms with Crippen LogP contribution in [0.2, 0.25) is 0 Å². The molecule has 6 heteroatoms. The van der Waals surface area contributed by atoms with E-state index in [9.17, 15) is 14.8 Å². The van der Waals surface area contributed by atoms with Gasteiger partial charge in [0.1, 0.15) is 11.5 Å². The van der Waals surface area contributed by atoms with Crippen molar-refractivity contribution in [2.75, 3.05) is 6.66 Å². The van der Waals surface area contributed by atoms with Crippen molar-refractivity contribution < 1.29 is 23.8 Å². The van der Waals surface area contributed by atoms with Crippen molar-refractivity contribution >= 4 is 7.60 Å². The second-order valence-corrected chi connectivity index (χ2v) is 9.01. The minimum Gasteiger partial charge on any atom is -0.508 e. The Morgan fingerprint density at radius 2 is 1.56 bits per heavy atom. The highest BCUT2D eigenvalue weighted by atomic mass is 31.2. The molecule has 0 saturated heterocycles. The molecule has 0 spiro atoms. The zero-order valence-electron chi connectivity index (χ0n) is 15.2. The van der Waals surface area contributed by atoms with Crippen LogP contribution in [0.5, 0.6) is 11.5 Å². The molecule has 0 heterocycles. The van der Waals surface area contributed by atoms with Gasteiger partial charge in [-0.2, -0.15) is 0 Å². The van der Waals surface area contributed by atoms with Crippen molar-refractivity contribution in [3.8, 4) is 11.5 Å². The average Bonchev–Trinajstić information content (AvgIpc) is 2.45. The van der Waals surface area contributed by atoms with Gasteiger partial charge >= 0.3 is 7.60 Å². The quantitative estimate of drug-likeness (QED) is 0.722. The third kappa shape index (κ3) is 5.33. The van der Waals surface area contributed by atoms with E-state index >= 15 is 0 Å². The SMILES string of the molecule is CC(C)(O)c1cccc(OP(C)(=O)OC(C)(C)c2cccc(O)c2)c1. The standard InChI is InChI=1S/C19H25O5P/c1-18(2,21)14-8-7-11-17(13-14)23-25(5,22)24-19(3,4)15-9-6-10-16(20)12-15/h6-13,20-21H,1-5H3. The Balaban J connectivity index is 2.21. The molecular weight excluding hydrogens is 339 g/mol. The molecule has 0 aromatic heterocycles. The maximum Gasteiger partial charge on any atom is 0.376 e. The first-order valence-electron chi connectivity index (χ1n) is 7.99. The Morgan fingerprint density at radius 1 is 0.960 bits per heavy atom. The smallest absolute Gasteiger partial charge is 0.376 e. The summed E-state index contributed by atoms with van der Waals surface area (Å²) in [5.74, 6) is 0.469. The average molecular weight is 364 g/mol. The molecule has 1 atom stereocenters.